The number of hydrogen-bond donors (Lipinski definition) is 0. The van der Waals surface area contributed by atoms with E-state index in [0.29, 0.717) is 6.07 Å². The Hall–Kier alpha value is -1.03. The summed E-state index contributed by atoms with van der Waals surface area (Å²) in [6.45, 7) is 0. The second-order valence-electron chi connectivity index (χ2n) is 5.42. The van der Waals surface area contributed by atoms with E-state index in [1.165, 1.54) is 12.1 Å². The van der Waals surface area contributed by atoms with Crippen LogP contribution >= 0.6 is 11.6 Å². The van der Waals surface area contributed by atoms with Crippen LogP contribution in [0.2, 0.25) is 0 Å². The number of hydrogen-bond acceptors (Lipinski definition) is 0. The molecule has 0 spiro atoms. The monoisotopic (exact) mass is 320 g/mol. The van der Waals surface area contributed by atoms with Gasteiger partial charge in [0.2, 0.25) is 0 Å². The molecule has 0 N–H and O–H groups in total. The lowest BCUT2D eigenvalue weighted by Gasteiger charge is -2.24. The number of rotatable bonds is 3. The Morgan fingerprint density at radius 1 is 1.19 bits per heavy atom. The van der Waals surface area contributed by atoms with Gasteiger partial charge in [-0.25, -0.2) is 4.39 Å². The molecule has 2 rings (SSSR count). The van der Waals surface area contributed by atoms with Crippen LogP contribution in [0.25, 0.3) is 6.08 Å². The summed E-state index contributed by atoms with van der Waals surface area (Å²) in [5.41, 5.74) is -0.139. The van der Waals surface area contributed by atoms with Crippen molar-refractivity contribution in [2.45, 2.75) is 38.3 Å². The quantitative estimate of drug-likeness (QED) is 0.470. The molecule has 0 aromatic heterocycles. The summed E-state index contributed by atoms with van der Waals surface area (Å²) < 4.78 is 52.1. The van der Waals surface area contributed by atoms with Crippen LogP contribution in [0.1, 0.15) is 43.2 Å². The molecular formula is C16H17ClF4. The Morgan fingerprint density at radius 3 is 2.43 bits per heavy atom. The zero-order valence-electron chi connectivity index (χ0n) is 11.5. The van der Waals surface area contributed by atoms with Crippen molar-refractivity contribution in [2.75, 3.05) is 5.88 Å². The van der Waals surface area contributed by atoms with E-state index in [2.05, 4.69) is 0 Å². The molecule has 0 amide bonds. The van der Waals surface area contributed by atoms with Crippen molar-refractivity contribution in [1.82, 2.24) is 0 Å². The van der Waals surface area contributed by atoms with Crippen LogP contribution in [0.3, 0.4) is 0 Å². The van der Waals surface area contributed by atoms with Gasteiger partial charge >= 0.3 is 6.18 Å². The molecular weight excluding hydrogens is 304 g/mol. The van der Waals surface area contributed by atoms with Gasteiger partial charge < -0.3 is 0 Å². The fraction of sp³-hybridized carbons (Fsp3) is 0.500. The van der Waals surface area contributed by atoms with Crippen molar-refractivity contribution in [3.63, 3.8) is 0 Å². The maximum atomic E-state index is 13.1. The fourth-order valence-corrected chi connectivity index (χ4v) is 3.13. The van der Waals surface area contributed by atoms with E-state index in [9.17, 15) is 17.6 Å². The highest BCUT2D eigenvalue weighted by Gasteiger charge is 2.33. The first-order chi connectivity index (χ1) is 9.91. The lowest BCUT2D eigenvalue weighted by molar-refractivity contribution is -0.137. The van der Waals surface area contributed by atoms with Crippen molar-refractivity contribution in [2.24, 2.45) is 5.92 Å². The van der Waals surface area contributed by atoms with Crippen molar-refractivity contribution in [3.8, 4) is 0 Å². The highest BCUT2D eigenvalue weighted by molar-refractivity contribution is 6.19. The minimum absolute atomic E-state index is 0.00914. The van der Waals surface area contributed by atoms with Crippen LogP contribution in [0.15, 0.2) is 23.8 Å². The standard InChI is InChI=1S/C16H17ClF4/c17-10-13(11-4-2-1-3-5-11)8-12-6-7-14(18)9-15(12)16(19,20)21/h6-9,11H,1-5,10H2/b13-8-. The Morgan fingerprint density at radius 2 is 1.86 bits per heavy atom. The van der Waals surface area contributed by atoms with Crippen molar-refractivity contribution >= 4 is 17.7 Å². The maximum absolute atomic E-state index is 13.1. The molecule has 1 aromatic carbocycles. The molecule has 5 heteroatoms. The van der Waals surface area contributed by atoms with Gasteiger partial charge in [-0.1, -0.05) is 37.0 Å². The average molecular weight is 321 g/mol. The molecule has 0 unspecified atom stereocenters. The normalized spacial score (nSPS) is 18.0. The van der Waals surface area contributed by atoms with Gasteiger partial charge in [0.15, 0.2) is 0 Å². The van der Waals surface area contributed by atoms with Crippen LogP contribution < -0.4 is 0 Å². The molecule has 1 fully saturated rings. The first-order valence-corrected chi connectivity index (χ1v) is 7.58. The topological polar surface area (TPSA) is 0 Å². The summed E-state index contributed by atoms with van der Waals surface area (Å²) in [5.74, 6) is -0.439. The summed E-state index contributed by atoms with van der Waals surface area (Å²) in [5, 5.41) is 0. The van der Waals surface area contributed by atoms with E-state index in [4.69, 9.17) is 11.6 Å². The summed E-state index contributed by atoms with van der Waals surface area (Å²) in [4.78, 5) is 0. The van der Waals surface area contributed by atoms with Gasteiger partial charge in [0.05, 0.1) is 5.56 Å². The number of alkyl halides is 4. The predicted molar refractivity (Wildman–Crippen MR) is 76.7 cm³/mol. The Bertz CT molecular complexity index is 513. The molecule has 0 nitrogen and oxygen atoms in total. The van der Waals surface area contributed by atoms with Crippen molar-refractivity contribution in [3.05, 3.63) is 40.7 Å². The largest absolute Gasteiger partial charge is 0.417 e. The smallest absolute Gasteiger partial charge is 0.207 e. The predicted octanol–water partition coefficient (Wildman–Crippen LogP) is 6.05. The maximum Gasteiger partial charge on any atom is 0.417 e. The third-order valence-corrected chi connectivity index (χ3v) is 4.25. The van der Waals surface area contributed by atoms with E-state index < -0.39 is 17.6 Å². The molecule has 21 heavy (non-hydrogen) atoms. The first kappa shape index (κ1) is 16.3. The zero-order chi connectivity index (χ0) is 15.5. The van der Waals surface area contributed by atoms with Gasteiger partial charge in [0.1, 0.15) is 5.82 Å². The SMILES string of the molecule is Fc1ccc(/C=C(/CCl)C2CCCCC2)c(C(F)(F)F)c1. The van der Waals surface area contributed by atoms with E-state index >= 15 is 0 Å². The Balaban J connectivity index is 2.37. The van der Waals surface area contributed by atoms with Gasteiger partial charge in [-0.05, 0) is 36.5 Å². The molecule has 1 aliphatic rings. The third-order valence-electron chi connectivity index (χ3n) is 3.95. The lowest BCUT2D eigenvalue weighted by Crippen LogP contribution is -2.12. The van der Waals surface area contributed by atoms with Gasteiger partial charge in [0.25, 0.3) is 0 Å². The molecule has 1 aliphatic carbocycles. The lowest BCUT2D eigenvalue weighted by atomic mass is 9.83. The van der Waals surface area contributed by atoms with Gasteiger partial charge in [-0.3, -0.25) is 0 Å². The van der Waals surface area contributed by atoms with Gasteiger partial charge in [-0.15, -0.1) is 11.6 Å². The van der Waals surface area contributed by atoms with Crippen molar-refractivity contribution < 1.29 is 17.6 Å². The number of halogens is 5. The summed E-state index contributed by atoms with van der Waals surface area (Å²) in [6, 6.07) is 2.76. The van der Waals surface area contributed by atoms with E-state index in [1.807, 2.05) is 0 Å². The molecule has 0 atom stereocenters. The van der Waals surface area contributed by atoms with E-state index in [-0.39, 0.29) is 17.4 Å². The van der Waals surface area contributed by atoms with Gasteiger partial charge in [0, 0.05) is 5.88 Å². The fourth-order valence-electron chi connectivity index (χ4n) is 2.84. The summed E-state index contributed by atoms with van der Waals surface area (Å²) >= 11 is 5.93. The highest BCUT2D eigenvalue weighted by atomic mass is 35.5. The van der Waals surface area contributed by atoms with E-state index in [0.717, 1.165) is 43.7 Å². The average Bonchev–Trinajstić information content (AvgIpc) is 2.46. The molecule has 1 aromatic rings. The van der Waals surface area contributed by atoms with Gasteiger partial charge in [-0.2, -0.15) is 13.2 Å². The first-order valence-electron chi connectivity index (χ1n) is 7.05. The molecule has 0 aliphatic heterocycles. The van der Waals surface area contributed by atoms with Crippen LogP contribution in [0, 0.1) is 11.7 Å². The highest BCUT2D eigenvalue weighted by Crippen LogP contribution is 2.36. The van der Waals surface area contributed by atoms with Crippen LogP contribution in [-0.4, -0.2) is 5.88 Å². The second-order valence-corrected chi connectivity index (χ2v) is 5.68. The zero-order valence-corrected chi connectivity index (χ0v) is 12.3. The number of allylic oxidation sites excluding steroid dienone is 1. The second kappa shape index (κ2) is 6.82. The molecule has 1 saturated carbocycles. The molecule has 0 saturated heterocycles. The Labute approximate surface area is 126 Å². The van der Waals surface area contributed by atoms with E-state index in [1.54, 1.807) is 0 Å². The van der Waals surface area contributed by atoms with Crippen LogP contribution in [0.4, 0.5) is 17.6 Å². The molecule has 116 valence electrons. The third kappa shape index (κ3) is 4.22. The Kier molecular flexibility index (Phi) is 5.31. The van der Waals surface area contributed by atoms with Crippen molar-refractivity contribution in [1.29, 1.82) is 0 Å². The minimum Gasteiger partial charge on any atom is -0.207 e. The molecule has 0 radical (unpaired) electrons. The molecule has 0 bridgehead atoms. The van der Waals surface area contributed by atoms with Crippen LogP contribution in [-0.2, 0) is 6.18 Å². The summed E-state index contributed by atoms with van der Waals surface area (Å²) in [6.07, 6.45) is 2.16. The summed E-state index contributed by atoms with van der Waals surface area (Å²) in [7, 11) is 0. The van der Waals surface area contributed by atoms with Crippen LogP contribution in [0.5, 0.6) is 0 Å². The molecule has 0 heterocycles. The number of benzene rings is 1. The minimum atomic E-state index is -4.57.